The molecule has 1 saturated carbocycles. The normalized spacial score (nSPS) is 17.6. The Labute approximate surface area is 155 Å². The zero-order valence-corrected chi connectivity index (χ0v) is 16.0. The smallest absolute Gasteiger partial charge is 0.236 e. The van der Waals surface area contributed by atoms with Gasteiger partial charge in [0.05, 0.1) is 16.2 Å². The Morgan fingerprint density at radius 2 is 2.24 bits per heavy atom. The van der Waals surface area contributed by atoms with E-state index < -0.39 is 5.54 Å². The molecule has 1 amide bonds. The van der Waals surface area contributed by atoms with Crippen molar-refractivity contribution in [3.05, 3.63) is 17.5 Å². The van der Waals surface area contributed by atoms with Crippen molar-refractivity contribution < 1.29 is 4.79 Å². The standard InChI is InChI=1S/C17H21N5OS2/c1-12(15(23)22(2)17(11-18)8-4-3-5-9-17)25-16-19-14(20-21-16)13-7-6-10-24-13/h6-7,10,12H,3-5,8-9H2,1-2H3,(H,19,20,21)/t12-/m0/s1. The summed E-state index contributed by atoms with van der Waals surface area (Å²) >= 11 is 2.91. The van der Waals surface area contributed by atoms with E-state index in [0.717, 1.165) is 37.0 Å². The molecule has 3 rings (SSSR count). The molecule has 1 atom stereocenters. The summed E-state index contributed by atoms with van der Waals surface area (Å²) in [6, 6.07) is 6.33. The van der Waals surface area contributed by atoms with Gasteiger partial charge in [-0.2, -0.15) is 5.26 Å². The van der Waals surface area contributed by atoms with Crippen molar-refractivity contribution in [1.82, 2.24) is 20.1 Å². The van der Waals surface area contributed by atoms with Gasteiger partial charge in [-0.25, -0.2) is 4.98 Å². The highest BCUT2D eigenvalue weighted by atomic mass is 32.2. The lowest BCUT2D eigenvalue weighted by Crippen LogP contribution is -2.52. The molecule has 0 spiro atoms. The second kappa shape index (κ2) is 7.58. The van der Waals surface area contributed by atoms with E-state index in [1.54, 1.807) is 23.3 Å². The molecule has 0 saturated heterocycles. The van der Waals surface area contributed by atoms with E-state index in [2.05, 4.69) is 21.3 Å². The van der Waals surface area contributed by atoms with Crippen LogP contribution >= 0.6 is 23.1 Å². The molecule has 1 N–H and O–H groups in total. The largest absolute Gasteiger partial charge is 0.326 e. The number of H-pyrrole nitrogens is 1. The van der Waals surface area contributed by atoms with E-state index >= 15 is 0 Å². The van der Waals surface area contributed by atoms with Crippen LogP contribution in [0.15, 0.2) is 22.7 Å². The monoisotopic (exact) mass is 375 g/mol. The number of aromatic nitrogens is 3. The third-order valence-electron chi connectivity index (χ3n) is 4.71. The van der Waals surface area contributed by atoms with Gasteiger partial charge in [-0.15, -0.1) is 16.4 Å². The van der Waals surface area contributed by atoms with E-state index in [0.29, 0.717) is 11.0 Å². The average molecular weight is 376 g/mol. The Hall–Kier alpha value is -1.85. The van der Waals surface area contributed by atoms with Crippen molar-refractivity contribution in [2.45, 2.75) is 55.0 Å². The maximum atomic E-state index is 12.8. The van der Waals surface area contributed by atoms with Crippen LogP contribution in [-0.2, 0) is 4.79 Å². The Morgan fingerprint density at radius 3 is 2.88 bits per heavy atom. The number of thioether (sulfide) groups is 1. The van der Waals surface area contributed by atoms with Crippen LogP contribution in [0.3, 0.4) is 0 Å². The van der Waals surface area contributed by atoms with E-state index in [-0.39, 0.29) is 11.2 Å². The summed E-state index contributed by atoms with van der Waals surface area (Å²) in [6.45, 7) is 1.85. The molecule has 2 aromatic heterocycles. The molecule has 25 heavy (non-hydrogen) atoms. The molecule has 6 nitrogen and oxygen atoms in total. The van der Waals surface area contributed by atoms with Crippen LogP contribution < -0.4 is 0 Å². The number of amides is 1. The van der Waals surface area contributed by atoms with Gasteiger partial charge in [-0.3, -0.25) is 9.89 Å². The summed E-state index contributed by atoms with van der Waals surface area (Å²) in [6.07, 6.45) is 4.65. The van der Waals surface area contributed by atoms with Crippen LogP contribution in [-0.4, -0.2) is 43.8 Å². The maximum absolute atomic E-state index is 12.8. The average Bonchev–Trinajstić information content (AvgIpc) is 3.32. The van der Waals surface area contributed by atoms with Crippen molar-refractivity contribution in [3.8, 4) is 16.8 Å². The van der Waals surface area contributed by atoms with Crippen LogP contribution in [0.5, 0.6) is 0 Å². The fourth-order valence-corrected chi connectivity index (χ4v) is 4.65. The molecule has 132 valence electrons. The number of nitriles is 1. The summed E-state index contributed by atoms with van der Waals surface area (Å²) in [5.74, 6) is 0.669. The van der Waals surface area contributed by atoms with Gasteiger partial charge in [0.25, 0.3) is 0 Å². The van der Waals surface area contributed by atoms with Gasteiger partial charge in [0.2, 0.25) is 11.1 Å². The predicted octanol–water partition coefficient (Wildman–Crippen LogP) is 3.70. The van der Waals surface area contributed by atoms with E-state index in [4.69, 9.17) is 0 Å². The molecule has 0 aromatic carbocycles. The lowest BCUT2D eigenvalue weighted by molar-refractivity contribution is -0.133. The van der Waals surface area contributed by atoms with E-state index in [1.807, 2.05) is 24.4 Å². The number of hydrogen-bond donors (Lipinski definition) is 1. The van der Waals surface area contributed by atoms with Crippen LogP contribution in [0.4, 0.5) is 0 Å². The molecule has 0 bridgehead atoms. The highest BCUT2D eigenvalue weighted by Gasteiger charge is 2.40. The first-order valence-corrected chi connectivity index (χ1v) is 10.1. The maximum Gasteiger partial charge on any atom is 0.236 e. The van der Waals surface area contributed by atoms with Crippen LogP contribution in [0.1, 0.15) is 39.0 Å². The highest BCUT2D eigenvalue weighted by Crippen LogP contribution is 2.34. The van der Waals surface area contributed by atoms with Crippen LogP contribution in [0.25, 0.3) is 10.7 Å². The van der Waals surface area contributed by atoms with Crippen molar-refractivity contribution in [2.24, 2.45) is 0 Å². The number of hydrogen-bond acceptors (Lipinski definition) is 6. The lowest BCUT2D eigenvalue weighted by Gasteiger charge is -2.39. The van der Waals surface area contributed by atoms with Gasteiger partial charge in [-0.1, -0.05) is 37.1 Å². The van der Waals surface area contributed by atoms with Gasteiger partial charge in [-0.05, 0) is 31.2 Å². The summed E-state index contributed by atoms with van der Waals surface area (Å²) in [4.78, 5) is 20.0. The topological polar surface area (TPSA) is 85.7 Å². The fraction of sp³-hybridized carbons (Fsp3) is 0.529. The molecule has 0 aliphatic heterocycles. The van der Waals surface area contributed by atoms with Crippen molar-refractivity contribution in [2.75, 3.05) is 7.05 Å². The number of aromatic amines is 1. The lowest BCUT2D eigenvalue weighted by atomic mass is 9.81. The molecule has 2 aromatic rings. The molecule has 1 aliphatic carbocycles. The molecule has 1 fully saturated rings. The number of nitrogens with zero attached hydrogens (tertiary/aromatic N) is 4. The first-order valence-electron chi connectivity index (χ1n) is 8.37. The zero-order chi connectivity index (χ0) is 17.9. The van der Waals surface area contributed by atoms with Crippen molar-refractivity contribution in [3.63, 3.8) is 0 Å². The molecule has 0 radical (unpaired) electrons. The SMILES string of the molecule is C[C@H](Sc1n[nH]c(-c2cccs2)n1)C(=O)N(C)C1(C#N)CCCCC1. The van der Waals surface area contributed by atoms with E-state index in [9.17, 15) is 10.1 Å². The molecule has 0 unspecified atom stereocenters. The van der Waals surface area contributed by atoms with Gasteiger partial charge < -0.3 is 4.90 Å². The van der Waals surface area contributed by atoms with Crippen LogP contribution in [0, 0.1) is 11.3 Å². The minimum absolute atomic E-state index is 0.0454. The molecule has 8 heteroatoms. The quantitative estimate of drug-likeness (QED) is 0.805. The fourth-order valence-electron chi connectivity index (χ4n) is 3.17. The highest BCUT2D eigenvalue weighted by molar-refractivity contribution is 8.00. The van der Waals surface area contributed by atoms with E-state index in [1.165, 1.54) is 11.8 Å². The Balaban J connectivity index is 1.67. The first-order chi connectivity index (χ1) is 12.1. The number of rotatable bonds is 5. The number of nitrogens with one attached hydrogen (secondary N) is 1. The van der Waals surface area contributed by atoms with Gasteiger partial charge in [0.15, 0.2) is 5.82 Å². The summed E-state index contributed by atoms with van der Waals surface area (Å²) < 4.78 is 0. The third kappa shape index (κ3) is 3.72. The predicted molar refractivity (Wildman–Crippen MR) is 99.2 cm³/mol. The minimum atomic E-state index is -0.661. The molecule has 2 heterocycles. The minimum Gasteiger partial charge on any atom is -0.326 e. The van der Waals surface area contributed by atoms with Crippen molar-refractivity contribution in [1.29, 1.82) is 5.26 Å². The number of carbonyl (C=O) groups excluding carboxylic acids is 1. The van der Waals surface area contributed by atoms with Crippen LogP contribution in [0.2, 0.25) is 0 Å². The Bertz CT molecular complexity index is 758. The number of thiophene rings is 1. The van der Waals surface area contributed by atoms with Crippen molar-refractivity contribution >= 4 is 29.0 Å². The second-order valence-corrected chi connectivity index (χ2v) is 8.56. The Morgan fingerprint density at radius 1 is 1.48 bits per heavy atom. The Kier molecular flexibility index (Phi) is 5.45. The van der Waals surface area contributed by atoms with Gasteiger partial charge in [0, 0.05) is 7.05 Å². The summed E-state index contributed by atoms with van der Waals surface area (Å²) in [7, 11) is 1.75. The van der Waals surface area contributed by atoms with Gasteiger partial charge in [0.1, 0.15) is 5.54 Å². The summed E-state index contributed by atoms with van der Waals surface area (Å²) in [5.41, 5.74) is -0.661. The molecular formula is C17H21N5OS2. The van der Waals surface area contributed by atoms with Gasteiger partial charge >= 0.3 is 0 Å². The zero-order valence-electron chi connectivity index (χ0n) is 14.4. The molecular weight excluding hydrogens is 354 g/mol. The first kappa shape index (κ1) is 18.0. The third-order valence-corrected chi connectivity index (χ3v) is 6.54. The summed E-state index contributed by atoms with van der Waals surface area (Å²) in [5, 5.41) is 19.0. The second-order valence-electron chi connectivity index (χ2n) is 6.31. The molecule has 1 aliphatic rings. The number of carbonyl (C=O) groups is 1.